The maximum atomic E-state index is 11.9. The third-order valence-corrected chi connectivity index (χ3v) is 3.27. The van der Waals surface area contributed by atoms with Crippen molar-refractivity contribution in [2.75, 3.05) is 5.32 Å². The van der Waals surface area contributed by atoms with Gasteiger partial charge in [0, 0.05) is 12.0 Å². The number of nitrogens with zero attached hydrogens (tertiary/aromatic N) is 1. The third-order valence-electron chi connectivity index (χ3n) is 3.27. The lowest BCUT2D eigenvalue weighted by atomic mass is 10.1. The maximum Gasteiger partial charge on any atom is 0.309 e. The minimum atomic E-state index is -0.927. The molecule has 4 N–H and O–H groups in total. The van der Waals surface area contributed by atoms with E-state index in [1.807, 2.05) is 0 Å². The molecule has 1 amide bonds. The van der Waals surface area contributed by atoms with E-state index in [4.69, 9.17) is 10.8 Å². The molecule has 2 atom stereocenters. The average Bonchev–Trinajstić information content (AvgIpc) is 2.78. The molecule has 0 radical (unpaired) electrons. The zero-order chi connectivity index (χ0) is 13.8. The van der Waals surface area contributed by atoms with Gasteiger partial charge in [0.1, 0.15) is 0 Å². The van der Waals surface area contributed by atoms with Crippen LogP contribution in [0.4, 0.5) is 5.69 Å². The van der Waals surface area contributed by atoms with Crippen molar-refractivity contribution in [3.05, 3.63) is 24.0 Å². The molecule has 0 aromatic carbocycles. The summed E-state index contributed by atoms with van der Waals surface area (Å²) in [5.41, 5.74) is 6.82. The molecule has 1 aliphatic carbocycles. The Balaban J connectivity index is 1.92. The molecule has 1 aliphatic rings. The number of pyridine rings is 1. The minimum Gasteiger partial charge on any atom is -0.481 e. The number of aliphatic carboxylic acids is 1. The van der Waals surface area contributed by atoms with Crippen LogP contribution in [0.2, 0.25) is 0 Å². The van der Waals surface area contributed by atoms with Crippen molar-refractivity contribution in [2.45, 2.75) is 31.7 Å². The molecule has 102 valence electrons. The number of hydrogen-bond donors (Lipinski definition) is 3. The molecule has 1 fully saturated rings. The van der Waals surface area contributed by atoms with Crippen LogP contribution in [-0.2, 0) is 16.0 Å². The summed E-state index contributed by atoms with van der Waals surface area (Å²) in [5.74, 6) is -1.00. The van der Waals surface area contributed by atoms with Gasteiger partial charge in [-0.15, -0.1) is 0 Å². The molecule has 19 heavy (non-hydrogen) atoms. The highest BCUT2D eigenvalue weighted by atomic mass is 16.4. The zero-order valence-electron chi connectivity index (χ0n) is 10.5. The Labute approximate surface area is 111 Å². The van der Waals surface area contributed by atoms with Crippen molar-refractivity contribution in [1.29, 1.82) is 0 Å². The Hall–Kier alpha value is -1.95. The minimum absolute atomic E-state index is 0.0336. The summed E-state index contributed by atoms with van der Waals surface area (Å²) in [6.45, 7) is 0. The largest absolute Gasteiger partial charge is 0.481 e. The number of hydrogen-bond acceptors (Lipinski definition) is 4. The normalized spacial score (nSPS) is 22.2. The van der Waals surface area contributed by atoms with Crippen molar-refractivity contribution in [2.24, 2.45) is 11.7 Å². The second kappa shape index (κ2) is 5.79. The fourth-order valence-electron chi connectivity index (χ4n) is 2.26. The Bertz CT molecular complexity index is 473. The van der Waals surface area contributed by atoms with E-state index in [0.29, 0.717) is 11.4 Å². The summed E-state index contributed by atoms with van der Waals surface area (Å²) in [6.07, 6.45) is 3.78. The monoisotopic (exact) mass is 263 g/mol. The van der Waals surface area contributed by atoms with Crippen LogP contribution < -0.4 is 11.1 Å². The molecule has 2 unspecified atom stereocenters. The molecule has 1 saturated carbocycles. The summed E-state index contributed by atoms with van der Waals surface area (Å²) in [6, 6.07) is 3.38. The van der Waals surface area contributed by atoms with Gasteiger partial charge in [0.15, 0.2) is 0 Å². The van der Waals surface area contributed by atoms with E-state index in [-0.39, 0.29) is 24.3 Å². The highest BCUT2D eigenvalue weighted by molar-refractivity contribution is 5.92. The number of carbonyl (C=O) groups excluding carboxylic acids is 1. The Morgan fingerprint density at radius 3 is 2.74 bits per heavy atom. The SMILES string of the molecule is NC1CCC(C(=O)Nc2ccc(CC(=O)O)nc2)C1. The molecule has 1 aromatic rings. The fourth-order valence-corrected chi connectivity index (χ4v) is 2.26. The summed E-state index contributed by atoms with van der Waals surface area (Å²) < 4.78 is 0. The first kappa shape index (κ1) is 13.5. The molecule has 6 heteroatoms. The van der Waals surface area contributed by atoms with Gasteiger partial charge in [-0.3, -0.25) is 14.6 Å². The highest BCUT2D eigenvalue weighted by Gasteiger charge is 2.27. The quantitative estimate of drug-likeness (QED) is 0.744. The standard InChI is InChI=1S/C13H17N3O3/c14-9-2-1-8(5-9)13(19)16-11-4-3-10(15-7-11)6-12(17)18/h3-4,7-9H,1-2,5-6,14H2,(H,16,19)(H,17,18). The topological polar surface area (TPSA) is 105 Å². The lowest BCUT2D eigenvalue weighted by Crippen LogP contribution is -2.23. The van der Waals surface area contributed by atoms with Gasteiger partial charge < -0.3 is 16.2 Å². The summed E-state index contributed by atoms with van der Waals surface area (Å²) in [5, 5.41) is 11.4. The van der Waals surface area contributed by atoms with Gasteiger partial charge in [-0.2, -0.15) is 0 Å². The van der Waals surface area contributed by atoms with E-state index >= 15 is 0 Å². The van der Waals surface area contributed by atoms with Crippen molar-refractivity contribution >= 4 is 17.6 Å². The van der Waals surface area contributed by atoms with Crippen molar-refractivity contribution in [1.82, 2.24) is 4.98 Å². The lowest BCUT2D eigenvalue weighted by molar-refractivity contribution is -0.136. The number of nitrogens with two attached hydrogens (primary N) is 1. The zero-order valence-corrected chi connectivity index (χ0v) is 10.5. The van der Waals surface area contributed by atoms with Gasteiger partial charge >= 0.3 is 5.97 Å². The number of anilines is 1. The van der Waals surface area contributed by atoms with Crippen LogP contribution in [0.25, 0.3) is 0 Å². The van der Waals surface area contributed by atoms with E-state index in [2.05, 4.69) is 10.3 Å². The molecule has 1 aromatic heterocycles. The van der Waals surface area contributed by atoms with Gasteiger partial charge in [-0.05, 0) is 31.4 Å². The van der Waals surface area contributed by atoms with Gasteiger partial charge in [-0.1, -0.05) is 0 Å². The predicted octanol–water partition coefficient (Wildman–Crippen LogP) is 0.775. The molecule has 0 aliphatic heterocycles. The Morgan fingerprint density at radius 1 is 1.42 bits per heavy atom. The summed E-state index contributed by atoms with van der Waals surface area (Å²) in [7, 11) is 0. The van der Waals surface area contributed by atoms with E-state index in [0.717, 1.165) is 19.3 Å². The summed E-state index contributed by atoms with van der Waals surface area (Å²) >= 11 is 0. The number of rotatable bonds is 4. The molecular weight excluding hydrogens is 246 g/mol. The van der Waals surface area contributed by atoms with Crippen molar-refractivity contribution < 1.29 is 14.7 Å². The molecule has 1 heterocycles. The summed E-state index contributed by atoms with van der Waals surface area (Å²) in [4.78, 5) is 26.4. The predicted molar refractivity (Wildman–Crippen MR) is 69.5 cm³/mol. The van der Waals surface area contributed by atoms with Crippen LogP contribution in [0.3, 0.4) is 0 Å². The molecule has 0 saturated heterocycles. The average molecular weight is 263 g/mol. The van der Waals surface area contributed by atoms with Gasteiger partial charge in [0.05, 0.1) is 24.0 Å². The first-order chi connectivity index (χ1) is 9.04. The Morgan fingerprint density at radius 2 is 2.21 bits per heavy atom. The van der Waals surface area contributed by atoms with E-state index in [9.17, 15) is 9.59 Å². The van der Waals surface area contributed by atoms with Crippen LogP contribution in [0.1, 0.15) is 25.0 Å². The van der Waals surface area contributed by atoms with Crippen molar-refractivity contribution in [3.8, 4) is 0 Å². The molecular formula is C13H17N3O3. The number of aromatic nitrogens is 1. The molecule has 2 rings (SSSR count). The number of carboxylic acids is 1. The highest BCUT2D eigenvalue weighted by Crippen LogP contribution is 2.25. The van der Waals surface area contributed by atoms with Gasteiger partial charge in [-0.25, -0.2) is 0 Å². The van der Waals surface area contributed by atoms with E-state index in [1.54, 1.807) is 12.1 Å². The van der Waals surface area contributed by atoms with Crippen LogP contribution in [0.5, 0.6) is 0 Å². The number of carbonyl (C=O) groups is 2. The molecule has 0 bridgehead atoms. The maximum absolute atomic E-state index is 11.9. The third kappa shape index (κ3) is 3.75. The van der Waals surface area contributed by atoms with E-state index < -0.39 is 5.97 Å². The first-order valence-corrected chi connectivity index (χ1v) is 6.28. The van der Waals surface area contributed by atoms with Crippen LogP contribution in [0, 0.1) is 5.92 Å². The van der Waals surface area contributed by atoms with Gasteiger partial charge in [0.2, 0.25) is 5.91 Å². The van der Waals surface area contributed by atoms with Gasteiger partial charge in [0.25, 0.3) is 0 Å². The van der Waals surface area contributed by atoms with Crippen LogP contribution in [0.15, 0.2) is 18.3 Å². The number of amides is 1. The first-order valence-electron chi connectivity index (χ1n) is 6.28. The fraction of sp³-hybridized carbons (Fsp3) is 0.462. The second-order valence-corrected chi connectivity index (χ2v) is 4.87. The number of carboxylic acid groups (broad SMARTS) is 1. The van der Waals surface area contributed by atoms with Crippen molar-refractivity contribution in [3.63, 3.8) is 0 Å². The molecule has 0 spiro atoms. The Kier molecular flexibility index (Phi) is 4.11. The van der Waals surface area contributed by atoms with Crippen LogP contribution >= 0.6 is 0 Å². The number of nitrogens with one attached hydrogen (secondary N) is 1. The second-order valence-electron chi connectivity index (χ2n) is 4.87. The lowest BCUT2D eigenvalue weighted by Gasteiger charge is -2.10. The van der Waals surface area contributed by atoms with E-state index in [1.165, 1.54) is 6.20 Å². The van der Waals surface area contributed by atoms with Crippen LogP contribution in [-0.4, -0.2) is 28.0 Å². The molecule has 6 nitrogen and oxygen atoms in total. The smallest absolute Gasteiger partial charge is 0.309 e.